The van der Waals surface area contributed by atoms with Gasteiger partial charge in [-0.25, -0.2) is 0 Å². The Hall–Kier alpha value is -0.120. The number of nitrogens with zero attached hydrogens (tertiary/aromatic N) is 1. The smallest absolute Gasteiger partial charge is 0.0589 e. The maximum Gasteiger partial charge on any atom is 0.0589 e. The highest BCUT2D eigenvalue weighted by Crippen LogP contribution is 2.37. The average molecular weight is 241 g/mol. The van der Waals surface area contributed by atoms with E-state index >= 15 is 0 Å². The summed E-state index contributed by atoms with van der Waals surface area (Å²) in [6.45, 7) is 4.18. The van der Waals surface area contributed by atoms with Crippen LogP contribution >= 0.6 is 0 Å². The third kappa shape index (κ3) is 3.67. The molecule has 2 aliphatic carbocycles. The van der Waals surface area contributed by atoms with Crippen LogP contribution in [0.5, 0.6) is 0 Å². The number of hydrogen-bond donors (Lipinski definition) is 1. The summed E-state index contributed by atoms with van der Waals surface area (Å²) in [4.78, 5) is 2.60. The van der Waals surface area contributed by atoms with Crippen molar-refractivity contribution in [1.82, 2.24) is 4.90 Å². The molecule has 0 spiro atoms. The minimum absolute atomic E-state index is 0.0785. The van der Waals surface area contributed by atoms with E-state index in [9.17, 15) is 5.11 Å². The Morgan fingerprint density at radius 3 is 2.65 bits per heavy atom. The van der Waals surface area contributed by atoms with Crippen molar-refractivity contribution in [2.75, 3.05) is 20.3 Å². The molecule has 17 heavy (non-hydrogen) atoms. The minimum Gasteiger partial charge on any atom is -0.393 e. The van der Waals surface area contributed by atoms with Crippen LogP contribution < -0.4 is 0 Å². The van der Waals surface area contributed by atoms with Gasteiger partial charge >= 0.3 is 0 Å². The number of aliphatic hydroxyl groups excluding tert-OH is 1. The van der Waals surface area contributed by atoms with E-state index in [1.54, 1.807) is 7.11 Å². The Bertz CT molecular complexity index is 230. The molecule has 0 amide bonds. The van der Waals surface area contributed by atoms with Gasteiger partial charge in [0.15, 0.2) is 0 Å². The van der Waals surface area contributed by atoms with E-state index in [0.717, 1.165) is 31.9 Å². The standard InChI is InChI=1S/C14H27NO2/c1-11(12-6-7-12)15(8-9-17-2)13-4-3-5-14(16)10-13/h11-14,16H,3-10H2,1-2H3. The predicted molar refractivity (Wildman–Crippen MR) is 69.0 cm³/mol. The van der Waals surface area contributed by atoms with Gasteiger partial charge < -0.3 is 9.84 Å². The van der Waals surface area contributed by atoms with Gasteiger partial charge in [-0.3, -0.25) is 4.90 Å². The summed E-state index contributed by atoms with van der Waals surface area (Å²) in [6.07, 6.45) is 7.07. The first-order valence-corrected chi connectivity index (χ1v) is 7.15. The van der Waals surface area contributed by atoms with E-state index in [4.69, 9.17) is 4.74 Å². The highest BCUT2D eigenvalue weighted by atomic mass is 16.5. The van der Waals surface area contributed by atoms with Gasteiger partial charge in [-0.1, -0.05) is 0 Å². The van der Waals surface area contributed by atoms with Crippen molar-refractivity contribution in [3.8, 4) is 0 Å². The van der Waals surface area contributed by atoms with E-state index in [2.05, 4.69) is 11.8 Å². The molecule has 2 rings (SSSR count). The normalized spacial score (nSPS) is 31.8. The average Bonchev–Trinajstić information content (AvgIpc) is 3.13. The zero-order valence-corrected chi connectivity index (χ0v) is 11.3. The summed E-state index contributed by atoms with van der Waals surface area (Å²) >= 11 is 0. The monoisotopic (exact) mass is 241 g/mol. The molecule has 3 unspecified atom stereocenters. The van der Waals surface area contributed by atoms with Gasteiger partial charge in [0.1, 0.15) is 0 Å². The molecule has 0 aromatic heterocycles. The maximum absolute atomic E-state index is 9.83. The Balaban J connectivity index is 1.92. The molecule has 0 radical (unpaired) electrons. The van der Waals surface area contributed by atoms with Crippen LogP contribution in [0.15, 0.2) is 0 Å². The van der Waals surface area contributed by atoms with Gasteiger partial charge in [-0.2, -0.15) is 0 Å². The lowest BCUT2D eigenvalue weighted by Gasteiger charge is -2.40. The lowest BCUT2D eigenvalue weighted by Crippen LogP contribution is -2.47. The molecule has 0 bridgehead atoms. The summed E-state index contributed by atoms with van der Waals surface area (Å²) < 4.78 is 5.24. The highest BCUT2D eigenvalue weighted by molar-refractivity contribution is 4.90. The first-order valence-electron chi connectivity index (χ1n) is 7.15. The Kier molecular flexibility index (Phi) is 4.83. The number of ether oxygens (including phenoxy) is 1. The SMILES string of the molecule is COCCN(C1CCCC(O)C1)C(C)C1CC1. The van der Waals surface area contributed by atoms with Gasteiger partial charge in [0, 0.05) is 25.7 Å². The molecule has 0 aromatic rings. The van der Waals surface area contributed by atoms with Crippen molar-refractivity contribution in [3.05, 3.63) is 0 Å². The van der Waals surface area contributed by atoms with Gasteiger partial charge in [0.05, 0.1) is 12.7 Å². The first-order chi connectivity index (χ1) is 8.22. The van der Waals surface area contributed by atoms with Crippen LogP contribution in [0.2, 0.25) is 0 Å². The lowest BCUT2D eigenvalue weighted by molar-refractivity contribution is 0.0238. The molecule has 2 aliphatic rings. The number of hydrogen-bond acceptors (Lipinski definition) is 3. The Morgan fingerprint density at radius 2 is 2.06 bits per heavy atom. The van der Waals surface area contributed by atoms with Crippen LogP contribution in [0.1, 0.15) is 45.4 Å². The fraction of sp³-hybridized carbons (Fsp3) is 1.00. The van der Waals surface area contributed by atoms with Crippen molar-refractivity contribution >= 4 is 0 Å². The van der Waals surface area contributed by atoms with Gasteiger partial charge in [0.25, 0.3) is 0 Å². The van der Waals surface area contributed by atoms with E-state index in [1.807, 2.05) is 0 Å². The van der Waals surface area contributed by atoms with Crippen molar-refractivity contribution in [3.63, 3.8) is 0 Å². The maximum atomic E-state index is 9.83. The molecule has 2 fully saturated rings. The molecular formula is C14H27NO2. The van der Waals surface area contributed by atoms with Crippen LogP contribution in [0.3, 0.4) is 0 Å². The van der Waals surface area contributed by atoms with Crippen LogP contribution in [0, 0.1) is 5.92 Å². The second-order valence-corrected chi connectivity index (χ2v) is 5.78. The Labute approximate surface area is 105 Å². The molecule has 0 saturated heterocycles. The van der Waals surface area contributed by atoms with Crippen LogP contribution in [0.4, 0.5) is 0 Å². The largest absolute Gasteiger partial charge is 0.393 e. The second-order valence-electron chi connectivity index (χ2n) is 5.78. The fourth-order valence-electron chi connectivity index (χ4n) is 3.20. The van der Waals surface area contributed by atoms with E-state index < -0.39 is 0 Å². The molecule has 0 heterocycles. The zero-order valence-electron chi connectivity index (χ0n) is 11.3. The molecule has 3 nitrogen and oxygen atoms in total. The highest BCUT2D eigenvalue weighted by Gasteiger charge is 2.36. The second kappa shape index (κ2) is 6.17. The van der Waals surface area contributed by atoms with Crippen molar-refractivity contribution in [2.24, 2.45) is 5.92 Å². The predicted octanol–water partition coefficient (Wildman–Crippen LogP) is 2.04. The van der Waals surface area contributed by atoms with E-state index in [1.165, 1.54) is 25.7 Å². The topological polar surface area (TPSA) is 32.7 Å². The van der Waals surface area contributed by atoms with Crippen molar-refractivity contribution < 1.29 is 9.84 Å². The molecule has 100 valence electrons. The first kappa shape index (κ1) is 13.3. The van der Waals surface area contributed by atoms with E-state index in [-0.39, 0.29) is 6.10 Å². The third-order valence-electron chi connectivity index (χ3n) is 4.47. The molecule has 1 N–H and O–H groups in total. The summed E-state index contributed by atoms with van der Waals surface area (Å²) in [5.74, 6) is 0.894. The third-order valence-corrected chi connectivity index (χ3v) is 4.47. The van der Waals surface area contributed by atoms with Gasteiger partial charge in [0.2, 0.25) is 0 Å². The summed E-state index contributed by atoms with van der Waals surface area (Å²) in [5.41, 5.74) is 0. The molecular weight excluding hydrogens is 214 g/mol. The Morgan fingerprint density at radius 1 is 1.29 bits per heavy atom. The summed E-state index contributed by atoms with van der Waals surface area (Å²) in [7, 11) is 1.77. The molecule has 3 atom stereocenters. The zero-order chi connectivity index (χ0) is 12.3. The van der Waals surface area contributed by atoms with Crippen LogP contribution in [0.25, 0.3) is 0 Å². The molecule has 2 saturated carbocycles. The summed E-state index contributed by atoms with van der Waals surface area (Å²) in [6, 6.07) is 1.24. The van der Waals surface area contributed by atoms with Crippen molar-refractivity contribution in [2.45, 2.75) is 63.6 Å². The van der Waals surface area contributed by atoms with Crippen molar-refractivity contribution in [1.29, 1.82) is 0 Å². The number of rotatable bonds is 6. The molecule has 0 aliphatic heterocycles. The minimum atomic E-state index is -0.0785. The molecule has 3 heteroatoms. The summed E-state index contributed by atoms with van der Waals surface area (Å²) in [5, 5.41) is 9.83. The van der Waals surface area contributed by atoms with Crippen LogP contribution in [-0.2, 0) is 4.74 Å². The van der Waals surface area contributed by atoms with Gasteiger partial charge in [-0.05, 0) is 51.4 Å². The fourth-order valence-corrected chi connectivity index (χ4v) is 3.20. The van der Waals surface area contributed by atoms with E-state index in [0.29, 0.717) is 12.1 Å². The quantitative estimate of drug-likeness (QED) is 0.772. The van der Waals surface area contributed by atoms with Crippen LogP contribution in [-0.4, -0.2) is 48.5 Å². The lowest BCUT2D eigenvalue weighted by atomic mass is 9.90. The molecule has 0 aromatic carbocycles. The number of methoxy groups -OCH3 is 1. The van der Waals surface area contributed by atoms with Gasteiger partial charge in [-0.15, -0.1) is 0 Å². The number of aliphatic hydroxyl groups is 1.